The van der Waals surface area contributed by atoms with E-state index in [1.54, 1.807) is 6.07 Å². The van der Waals surface area contributed by atoms with Crippen LogP contribution in [0.15, 0.2) is 30.3 Å². The Hall–Kier alpha value is -3.90. The number of hydrogen-bond donors (Lipinski definition) is 2. The van der Waals surface area contributed by atoms with Crippen LogP contribution in [0.5, 0.6) is 11.9 Å². The Morgan fingerprint density at radius 2 is 2.02 bits per heavy atom. The fourth-order valence-corrected chi connectivity index (χ4v) is 7.69. The van der Waals surface area contributed by atoms with Crippen molar-refractivity contribution in [2.24, 2.45) is 0 Å². The highest BCUT2D eigenvalue weighted by molar-refractivity contribution is 6.01. The maximum Gasteiger partial charge on any atom is 0.319 e. The minimum Gasteiger partial charge on any atom is -0.472 e. The van der Waals surface area contributed by atoms with E-state index >= 15 is 4.39 Å². The number of pyridine rings is 2. The number of fused-ring (bicyclic) bond motifs is 4. The number of nitrogens with zero attached hydrogens (tertiary/aromatic N) is 6. The van der Waals surface area contributed by atoms with Crippen LogP contribution in [0.25, 0.3) is 33.1 Å². The van der Waals surface area contributed by atoms with E-state index in [0.717, 1.165) is 31.2 Å². The lowest BCUT2D eigenvalue weighted by atomic mass is 9.95. The number of anilines is 2. The van der Waals surface area contributed by atoms with Crippen molar-refractivity contribution in [1.29, 1.82) is 0 Å². The van der Waals surface area contributed by atoms with Crippen LogP contribution >= 0.6 is 0 Å². The van der Waals surface area contributed by atoms with Crippen LogP contribution < -0.4 is 25.4 Å². The highest BCUT2D eigenvalue weighted by Gasteiger charge is 2.49. The Kier molecular flexibility index (Phi) is 6.49. The van der Waals surface area contributed by atoms with Gasteiger partial charge < -0.3 is 25.4 Å². The Balaban J connectivity index is 1.32. The van der Waals surface area contributed by atoms with Crippen molar-refractivity contribution in [2.45, 2.75) is 69.4 Å². The van der Waals surface area contributed by atoms with Gasteiger partial charge in [0.1, 0.15) is 52.8 Å². The van der Waals surface area contributed by atoms with Crippen molar-refractivity contribution < 1.29 is 18.3 Å². The molecule has 7 heterocycles. The number of nitrogens with two attached hydrogens (primary N) is 1. The minimum absolute atomic E-state index is 0.000132. The zero-order valence-electron chi connectivity index (χ0n) is 24.9. The van der Waals surface area contributed by atoms with E-state index in [4.69, 9.17) is 25.2 Å². The van der Waals surface area contributed by atoms with Gasteiger partial charge in [-0.05, 0) is 44.2 Å². The highest BCUT2D eigenvalue weighted by atomic mass is 19.1. The topological polar surface area (TPSA) is 115 Å². The van der Waals surface area contributed by atoms with Crippen molar-refractivity contribution >= 4 is 33.3 Å². The smallest absolute Gasteiger partial charge is 0.319 e. The van der Waals surface area contributed by atoms with E-state index in [9.17, 15) is 4.39 Å². The second-order valence-electron chi connectivity index (χ2n) is 12.7. The van der Waals surface area contributed by atoms with Crippen molar-refractivity contribution in [3.8, 4) is 23.3 Å². The Bertz CT molecular complexity index is 1770. The normalized spacial score (nSPS) is 28.1. The Morgan fingerprint density at radius 3 is 2.89 bits per heavy atom. The average Bonchev–Trinajstić information content (AvgIpc) is 3.52. The van der Waals surface area contributed by atoms with Gasteiger partial charge in [0.05, 0.1) is 11.6 Å². The summed E-state index contributed by atoms with van der Waals surface area (Å²) in [5.74, 6) is 0.387. The van der Waals surface area contributed by atoms with Gasteiger partial charge in [0.2, 0.25) is 5.88 Å². The lowest BCUT2D eigenvalue weighted by Crippen LogP contribution is -2.60. The minimum atomic E-state index is -0.887. The third-order valence-electron chi connectivity index (χ3n) is 9.97. The van der Waals surface area contributed by atoms with E-state index in [1.165, 1.54) is 0 Å². The lowest BCUT2D eigenvalue weighted by molar-refractivity contribution is 0.107. The first-order valence-electron chi connectivity index (χ1n) is 15.6. The van der Waals surface area contributed by atoms with Gasteiger partial charge in [-0.3, -0.25) is 4.90 Å². The van der Waals surface area contributed by atoms with Crippen LogP contribution in [0.2, 0.25) is 0 Å². The predicted molar refractivity (Wildman–Crippen MR) is 164 cm³/mol. The average molecular weight is 603 g/mol. The predicted octanol–water partition coefficient (Wildman–Crippen LogP) is 4.25. The molecule has 3 aromatic heterocycles. The molecule has 3 N–H and O–H groups in total. The molecule has 4 aromatic rings. The van der Waals surface area contributed by atoms with E-state index in [2.05, 4.69) is 32.0 Å². The summed E-state index contributed by atoms with van der Waals surface area (Å²) in [4.78, 5) is 23.2. The van der Waals surface area contributed by atoms with Crippen molar-refractivity contribution in [1.82, 2.24) is 30.2 Å². The largest absolute Gasteiger partial charge is 0.472 e. The number of hydrogen-bond acceptors (Lipinski definition) is 10. The van der Waals surface area contributed by atoms with Crippen molar-refractivity contribution in [2.75, 3.05) is 43.4 Å². The zero-order valence-corrected chi connectivity index (χ0v) is 24.9. The van der Waals surface area contributed by atoms with Crippen molar-refractivity contribution in [3.63, 3.8) is 0 Å². The lowest BCUT2D eigenvalue weighted by Gasteiger charge is -2.42. The van der Waals surface area contributed by atoms with E-state index < -0.39 is 17.5 Å². The summed E-state index contributed by atoms with van der Waals surface area (Å²) in [6.45, 7) is 6.95. The molecule has 4 aliphatic rings. The molecular formula is C32H36F2N8O2. The van der Waals surface area contributed by atoms with Gasteiger partial charge in [0.15, 0.2) is 5.82 Å². The first-order chi connectivity index (χ1) is 21.3. The monoisotopic (exact) mass is 602 g/mol. The SMILES string of the molecule is CC[C@@H]1CN2c3nc(OC[C@@]45CCCN4C[C@H](F)C5)nc4c(F)c(-c5nc(N)cc6ccccc56)nc(c34)O[C@@H](C)[C@@H]2CN1. The number of halogens is 2. The van der Waals surface area contributed by atoms with Gasteiger partial charge in [0, 0.05) is 37.5 Å². The number of nitrogens with one attached hydrogen (secondary N) is 1. The van der Waals surface area contributed by atoms with Crippen LogP contribution in [0.3, 0.4) is 0 Å². The molecule has 8 rings (SSSR count). The molecule has 0 radical (unpaired) electrons. The molecule has 230 valence electrons. The van der Waals surface area contributed by atoms with Gasteiger partial charge in [-0.15, -0.1) is 0 Å². The summed E-state index contributed by atoms with van der Waals surface area (Å²) in [6.07, 6.45) is 2.00. The molecule has 12 heteroatoms. The van der Waals surface area contributed by atoms with E-state index in [-0.39, 0.29) is 53.7 Å². The Morgan fingerprint density at radius 1 is 1.16 bits per heavy atom. The van der Waals surface area contributed by atoms with Gasteiger partial charge in [-0.25, -0.2) is 18.7 Å². The van der Waals surface area contributed by atoms with Gasteiger partial charge in [-0.2, -0.15) is 9.97 Å². The summed E-state index contributed by atoms with van der Waals surface area (Å²) in [7, 11) is 0. The van der Waals surface area contributed by atoms with Gasteiger partial charge in [-0.1, -0.05) is 31.2 Å². The van der Waals surface area contributed by atoms with E-state index in [0.29, 0.717) is 48.3 Å². The fourth-order valence-electron chi connectivity index (χ4n) is 7.69. The molecule has 0 unspecified atom stereocenters. The number of benzene rings is 1. The first kappa shape index (κ1) is 27.6. The summed E-state index contributed by atoms with van der Waals surface area (Å²) in [5.41, 5.74) is 6.14. The molecule has 10 nitrogen and oxygen atoms in total. The molecule has 0 saturated carbocycles. The molecule has 5 atom stereocenters. The third-order valence-corrected chi connectivity index (χ3v) is 9.97. The third kappa shape index (κ3) is 4.33. The summed E-state index contributed by atoms with van der Waals surface area (Å²) < 4.78 is 44.2. The molecule has 3 saturated heterocycles. The first-order valence-corrected chi connectivity index (χ1v) is 15.6. The standard InChI is InChI=1S/C32H36F2N8O2/c1-3-20-15-42-22(13-36-20)17(2)44-30-24-27(25(34)28(38-30)26-21-8-5-4-7-18(21)11-23(35)37-26)39-31(40-29(24)42)43-16-32-9-6-10-41(32)14-19(33)12-32/h4-5,7-8,11,17,19-20,22,36H,3,6,9-10,12-16H2,1-2H3,(H2,35,37)/t17-,19+,20+,22-,32-/m0/s1. The second-order valence-corrected chi connectivity index (χ2v) is 12.7. The molecular weight excluding hydrogens is 566 g/mol. The molecule has 0 bridgehead atoms. The molecule has 4 aliphatic heterocycles. The highest BCUT2D eigenvalue weighted by Crippen LogP contribution is 2.44. The van der Waals surface area contributed by atoms with Gasteiger partial charge in [0.25, 0.3) is 0 Å². The molecule has 0 spiro atoms. The van der Waals surface area contributed by atoms with Crippen LogP contribution in [0.4, 0.5) is 20.4 Å². The fraction of sp³-hybridized carbons (Fsp3) is 0.500. The van der Waals surface area contributed by atoms with E-state index in [1.807, 2.05) is 31.2 Å². The molecule has 3 fully saturated rings. The summed E-state index contributed by atoms with van der Waals surface area (Å²) >= 11 is 0. The maximum absolute atomic E-state index is 16.9. The number of nitrogen functional groups attached to an aromatic ring is 1. The summed E-state index contributed by atoms with van der Waals surface area (Å²) in [6, 6.07) is 9.49. The molecule has 44 heavy (non-hydrogen) atoms. The van der Waals surface area contributed by atoms with Crippen LogP contribution in [0, 0.1) is 5.82 Å². The maximum atomic E-state index is 16.9. The van der Waals surface area contributed by atoms with Crippen LogP contribution in [-0.4, -0.2) is 87.5 Å². The number of alkyl halides is 1. The van der Waals surface area contributed by atoms with Crippen molar-refractivity contribution in [3.05, 3.63) is 36.1 Å². The molecule has 0 aliphatic carbocycles. The summed E-state index contributed by atoms with van der Waals surface area (Å²) in [5, 5.41) is 5.55. The quantitative estimate of drug-likeness (QED) is 0.344. The number of aromatic nitrogens is 4. The number of ether oxygens (including phenoxy) is 2. The number of rotatable bonds is 5. The molecule has 1 aromatic carbocycles. The van der Waals surface area contributed by atoms with Gasteiger partial charge >= 0.3 is 6.01 Å². The zero-order chi connectivity index (χ0) is 30.2. The van der Waals surface area contributed by atoms with Crippen LogP contribution in [-0.2, 0) is 0 Å². The molecule has 0 amide bonds. The second kappa shape index (κ2) is 10.3. The Labute approximate surface area is 254 Å². The number of piperazine rings is 1. The van der Waals surface area contributed by atoms with Crippen LogP contribution in [0.1, 0.15) is 39.5 Å².